The van der Waals surface area contributed by atoms with Gasteiger partial charge in [-0.25, -0.2) is 8.42 Å². The van der Waals surface area contributed by atoms with Gasteiger partial charge >= 0.3 is 0 Å². The summed E-state index contributed by atoms with van der Waals surface area (Å²) < 4.78 is 27.3. The van der Waals surface area contributed by atoms with E-state index in [1.54, 1.807) is 16.4 Å². The number of aryl methyl sites for hydroxylation is 1. The van der Waals surface area contributed by atoms with Crippen molar-refractivity contribution in [1.82, 2.24) is 4.31 Å². The number of amides is 1. The summed E-state index contributed by atoms with van der Waals surface area (Å²) in [5.41, 5.74) is 2.28. The summed E-state index contributed by atoms with van der Waals surface area (Å²) in [6, 6.07) is 13.9. The Kier molecular flexibility index (Phi) is 5.97. The Morgan fingerprint density at radius 3 is 2.48 bits per heavy atom. The maximum absolute atomic E-state index is 12.9. The van der Waals surface area contributed by atoms with E-state index in [2.05, 4.69) is 5.32 Å². The van der Waals surface area contributed by atoms with Crippen LogP contribution in [0.5, 0.6) is 0 Å². The monoisotopic (exact) mass is 386 g/mol. The van der Waals surface area contributed by atoms with E-state index >= 15 is 0 Å². The van der Waals surface area contributed by atoms with Crippen molar-refractivity contribution in [2.24, 2.45) is 0 Å². The van der Waals surface area contributed by atoms with Gasteiger partial charge < -0.3 is 5.32 Å². The molecule has 2 aromatic carbocycles. The standard InChI is InChI=1S/C21H26N2O3S/c1-3-17-9-4-5-10-20(17)22-21(24)18-11-13-19(14-12-18)27(25,26)23-15-7-6-8-16(23)2/h4-5,9-14,16H,3,6-8,15H2,1-2H3,(H,22,24). The Labute approximate surface area is 161 Å². The molecule has 27 heavy (non-hydrogen) atoms. The van der Waals surface area contributed by atoms with Gasteiger partial charge in [-0.2, -0.15) is 4.31 Å². The molecule has 1 aliphatic heterocycles. The van der Waals surface area contributed by atoms with E-state index in [9.17, 15) is 13.2 Å². The molecule has 0 aromatic heterocycles. The molecule has 1 saturated heterocycles. The van der Waals surface area contributed by atoms with Gasteiger partial charge in [-0.05, 0) is 62.1 Å². The highest BCUT2D eigenvalue weighted by Gasteiger charge is 2.30. The van der Waals surface area contributed by atoms with E-state index in [0.717, 1.165) is 36.9 Å². The number of anilines is 1. The van der Waals surface area contributed by atoms with Crippen LogP contribution in [0.15, 0.2) is 53.4 Å². The first-order valence-electron chi connectivity index (χ1n) is 9.44. The van der Waals surface area contributed by atoms with Crippen molar-refractivity contribution in [3.63, 3.8) is 0 Å². The fourth-order valence-electron chi connectivity index (χ4n) is 3.49. The Morgan fingerprint density at radius 2 is 1.81 bits per heavy atom. The van der Waals surface area contributed by atoms with Gasteiger partial charge in [-0.3, -0.25) is 4.79 Å². The molecule has 5 nitrogen and oxygen atoms in total. The third-order valence-corrected chi connectivity index (χ3v) is 7.14. The number of carbonyl (C=O) groups excluding carboxylic acids is 1. The molecule has 0 aliphatic carbocycles. The second kappa shape index (κ2) is 8.23. The first-order chi connectivity index (χ1) is 12.9. The van der Waals surface area contributed by atoms with E-state index in [-0.39, 0.29) is 16.8 Å². The minimum absolute atomic E-state index is 0.0114. The Morgan fingerprint density at radius 1 is 1.11 bits per heavy atom. The van der Waals surface area contributed by atoms with Gasteiger partial charge in [-0.1, -0.05) is 31.5 Å². The number of para-hydroxylation sites is 1. The molecule has 1 N–H and O–H groups in total. The largest absolute Gasteiger partial charge is 0.322 e. The van der Waals surface area contributed by atoms with Crippen LogP contribution in [-0.2, 0) is 16.4 Å². The summed E-state index contributed by atoms with van der Waals surface area (Å²) in [5, 5.41) is 2.91. The lowest BCUT2D eigenvalue weighted by atomic mass is 10.1. The third kappa shape index (κ3) is 4.22. The summed E-state index contributed by atoms with van der Waals surface area (Å²) in [7, 11) is -3.52. The van der Waals surface area contributed by atoms with Crippen LogP contribution in [0.2, 0.25) is 0 Å². The lowest BCUT2D eigenvalue weighted by Crippen LogP contribution is -2.41. The molecule has 2 aromatic rings. The summed E-state index contributed by atoms with van der Waals surface area (Å²) in [4.78, 5) is 12.8. The molecule has 0 saturated carbocycles. The zero-order valence-corrected chi connectivity index (χ0v) is 16.6. The average molecular weight is 387 g/mol. The lowest BCUT2D eigenvalue weighted by molar-refractivity contribution is 0.102. The minimum Gasteiger partial charge on any atom is -0.322 e. The van der Waals surface area contributed by atoms with E-state index < -0.39 is 10.0 Å². The fourth-order valence-corrected chi connectivity index (χ4v) is 5.19. The molecule has 1 heterocycles. The van der Waals surface area contributed by atoms with Crippen molar-refractivity contribution in [2.75, 3.05) is 11.9 Å². The number of piperidine rings is 1. The molecule has 1 amide bonds. The first kappa shape index (κ1) is 19.6. The molecule has 3 rings (SSSR count). The van der Waals surface area contributed by atoms with Crippen molar-refractivity contribution in [2.45, 2.75) is 50.5 Å². The van der Waals surface area contributed by atoms with Crippen LogP contribution < -0.4 is 5.32 Å². The summed E-state index contributed by atoms with van der Waals surface area (Å²) in [6.45, 7) is 4.54. The quantitative estimate of drug-likeness (QED) is 0.842. The van der Waals surface area contributed by atoms with Crippen LogP contribution in [-0.4, -0.2) is 31.2 Å². The molecule has 6 heteroatoms. The molecule has 0 radical (unpaired) electrons. The Hall–Kier alpha value is -2.18. The Balaban J connectivity index is 1.77. The normalized spacial score (nSPS) is 18.2. The smallest absolute Gasteiger partial charge is 0.255 e. The third-order valence-electron chi connectivity index (χ3n) is 5.11. The molecular formula is C21H26N2O3S. The number of carbonyl (C=O) groups is 1. The number of sulfonamides is 1. The van der Waals surface area contributed by atoms with E-state index in [0.29, 0.717) is 12.1 Å². The fraction of sp³-hybridized carbons (Fsp3) is 0.381. The number of nitrogens with zero attached hydrogens (tertiary/aromatic N) is 1. The highest BCUT2D eigenvalue weighted by atomic mass is 32.2. The Bertz CT molecular complexity index is 907. The average Bonchev–Trinajstić information content (AvgIpc) is 2.68. The van der Waals surface area contributed by atoms with Crippen LogP contribution in [0.1, 0.15) is 49.0 Å². The second-order valence-electron chi connectivity index (χ2n) is 6.95. The molecule has 1 unspecified atom stereocenters. The SMILES string of the molecule is CCc1ccccc1NC(=O)c1ccc(S(=O)(=O)N2CCCCC2C)cc1. The number of nitrogens with one attached hydrogen (secondary N) is 1. The zero-order valence-electron chi connectivity index (χ0n) is 15.8. The van der Waals surface area contributed by atoms with Crippen LogP contribution in [0.4, 0.5) is 5.69 Å². The van der Waals surface area contributed by atoms with Gasteiger partial charge in [0.25, 0.3) is 5.91 Å². The topological polar surface area (TPSA) is 66.5 Å². The van der Waals surface area contributed by atoms with Crippen molar-refractivity contribution in [3.8, 4) is 0 Å². The van der Waals surface area contributed by atoms with Crippen molar-refractivity contribution in [1.29, 1.82) is 0 Å². The van der Waals surface area contributed by atoms with Gasteiger partial charge in [0.15, 0.2) is 0 Å². The first-order valence-corrected chi connectivity index (χ1v) is 10.9. The van der Waals surface area contributed by atoms with Crippen molar-refractivity contribution in [3.05, 3.63) is 59.7 Å². The van der Waals surface area contributed by atoms with Crippen LogP contribution in [0, 0.1) is 0 Å². The predicted molar refractivity (Wildman–Crippen MR) is 107 cm³/mol. The summed E-state index contributed by atoms with van der Waals surface area (Å²) in [5.74, 6) is -0.244. The predicted octanol–water partition coefficient (Wildman–Crippen LogP) is 4.06. The van der Waals surface area contributed by atoms with E-state index in [1.807, 2.05) is 38.1 Å². The van der Waals surface area contributed by atoms with Crippen molar-refractivity contribution < 1.29 is 13.2 Å². The highest BCUT2D eigenvalue weighted by Crippen LogP contribution is 2.25. The molecule has 1 aliphatic rings. The van der Waals surface area contributed by atoms with E-state index in [1.165, 1.54) is 12.1 Å². The molecular weight excluding hydrogens is 360 g/mol. The van der Waals surface area contributed by atoms with Gasteiger partial charge in [0, 0.05) is 23.8 Å². The van der Waals surface area contributed by atoms with Crippen LogP contribution in [0.25, 0.3) is 0 Å². The lowest BCUT2D eigenvalue weighted by Gasteiger charge is -2.32. The summed E-state index contributed by atoms with van der Waals surface area (Å²) >= 11 is 0. The number of hydrogen-bond acceptors (Lipinski definition) is 3. The summed E-state index contributed by atoms with van der Waals surface area (Å²) in [6.07, 6.45) is 3.66. The van der Waals surface area contributed by atoms with Crippen LogP contribution >= 0.6 is 0 Å². The number of rotatable bonds is 5. The van der Waals surface area contributed by atoms with Crippen molar-refractivity contribution >= 4 is 21.6 Å². The maximum Gasteiger partial charge on any atom is 0.255 e. The van der Waals surface area contributed by atoms with Crippen LogP contribution in [0.3, 0.4) is 0 Å². The van der Waals surface area contributed by atoms with Gasteiger partial charge in [0.2, 0.25) is 10.0 Å². The van der Waals surface area contributed by atoms with Gasteiger partial charge in [0.1, 0.15) is 0 Å². The molecule has 0 spiro atoms. The maximum atomic E-state index is 12.9. The number of benzene rings is 2. The highest BCUT2D eigenvalue weighted by molar-refractivity contribution is 7.89. The second-order valence-corrected chi connectivity index (χ2v) is 8.84. The van der Waals surface area contributed by atoms with Gasteiger partial charge in [-0.15, -0.1) is 0 Å². The number of hydrogen-bond donors (Lipinski definition) is 1. The van der Waals surface area contributed by atoms with Gasteiger partial charge in [0.05, 0.1) is 4.90 Å². The molecule has 1 atom stereocenters. The molecule has 0 bridgehead atoms. The molecule has 144 valence electrons. The molecule has 1 fully saturated rings. The minimum atomic E-state index is -3.52. The zero-order chi connectivity index (χ0) is 19.4. The van der Waals surface area contributed by atoms with E-state index in [4.69, 9.17) is 0 Å².